The van der Waals surface area contributed by atoms with E-state index in [1.165, 1.54) is 37.7 Å². The zero-order valence-corrected chi connectivity index (χ0v) is 16.5. The number of rotatable bonds is 6. The smallest absolute Gasteiger partial charge is 0.228 e. The van der Waals surface area contributed by atoms with Gasteiger partial charge in [-0.2, -0.15) is 0 Å². The molecule has 2 unspecified atom stereocenters. The fourth-order valence-electron chi connectivity index (χ4n) is 3.68. The van der Waals surface area contributed by atoms with Crippen molar-refractivity contribution in [1.82, 2.24) is 0 Å². The maximum Gasteiger partial charge on any atom is 0.228 e. The molecule has 0 bridgehead atoms. The minimum absolute atomic E-state index is 0.0754. The van der Waals surface area contributed by atoms with E-state index in [-0.39, 0.29) is 12.3 Å². The van der Waals surface area contributed by atoms with Gasteiger partial charge in [-0.25, -0.2) is 0 Å². The Morgan fingerprint density at radius 3 is 2.30 bits per heavy atom. The van der Waals surface area contributed by atoms with Crippen LogP contribution < -0.4 is 5.32 Å². The van der Waals surface area contributed by atoms with Crippen LogP contribution in [0.15, 0.2) is 48.5 Å². The van der Waals surface area contributed by atoms with Crippen LogP contribution in [0.2, 0.25) is 0 Å². The Bertz CT molecular complexity index is 780. The van der Waals surface area contributed by atoms with E-state index < -0.39 is 16.3 Å². The van der Waals surface area contributed by atoms with E-state index in [2.05, 4.69) is 17.4 Å². The van der Waals surface area contributed by atoms with Crippen molar-refractivity contribution < 1.29 is 13.6 Å². The van der Waals surface area contributed by atoms with Gasteiger partial charge in [0, 0.05) is 10.9 Å². The predicted octanol–water partition coefficient (Wildman–Crippen LogP) is 4.86. The molecule has 1 saturated carbocycles. The van der Waals surface area contributed by atoms with Gasteiger partial charge in [0.25, 0.3) is 0 Å². The van der Waals surface area contributed by atoms with E-state index in [0.29, 0.717) is 5.92 Å². The standard InChI is InChI=1S/C22H27NO3S/c1-16(27(25)26)18-9-7-17(8-10-18)15-22(24)23-21-13-11-20(12-14-21)19-5-3-2-4-6-19/h7-14,16,19H,2-6,15H2,1H3,(H,23,24)(H,25,26)/p-1. The first-order valence-electron chi connectivity index (χ1n) is 9.59. The molecule has 1 aliphatic rings. The highest BCUT2D eigenvalue weighted by atomic mass is 32.2. The summed E-state index contributed by atoms with van der Waals surface area (Å²) in [5, 5.41) is 2.39. The fraction of sp³-hybridized carbons (Fsp3) is 0.409. The number of carbonyl (C=O) groups excluding carboxylic acids is 1. The molecule has 2 aromatic rings. The van der Waals surface area contributed by atoms with Crippen LogP contribution in [0.3, 0.4) is 0 Å². The lowest BCUT2D eigenvalue weighted by molar-refractivity contribution is -0.115. The summed E-state index contributed by atoms with van der Waals surface area (Å²) in [5.41, 5.74) is 3.77. The summed E-state index contributed by atoms with van der Waals surface area (Å²) >= 11 is -2.14. The van der Waals surface area contributed by atoms with Crippen LogP contribution in [-0.4, -0.2) is 14.7 Å². The maximum absolute atomic E-state index is 12.3. The molecular formula is C22H26NO3S-. The molecule has 0 aliphatic heterocycles. The summed E-state index contributed by atoms with van der Waals surface area (Å²) < 4.78 is 22.1. The van der Waals surface area contributed by atoms with Gasteiger partial charge in [-0.05, 0) is 65.6 Å². The third-order valence-electron chi connectivity index (χ3n) is 5.37. The third-order valence-corrected chi connectivity index (χ3v) is 6.22. The zero-order chi connectivity index (χ0) is 19.2. The topological polar surface area (TPSA) is 69.2 Å². The van der Waals surface area contributed by atoms with E-state index in [0.717, 1.165) is 16.8 Å². The Labute approximate surface area is 163 Å². The van der Waals surface area contributed by atoms with Gasteiger partial charge >= 0.3 is 0 Å². The van der Waals surface area contributed by atoms with Gasteiger partial charge in [0.05, 0.1) is 6.42 Å². The Hall–Kier alpha value is -1.98. The molecule has 2 atom stereocenters. The molecule has 4 nitrogen and oxygen atoms in total. The summed E-state index contributed by atoms with van der Waals surface area (Å²) in [7, 11) is 0. The second kappa shape index (κ2) is 9.29. The molecule has 1 fully saturated rings. The summed E-state index contributed by atoms with van der Waals surface area (Å²) in [6.45, 7) is 1.64. The van der Waals surface area contributed by atoms with Crippen LogP contribution in [0.25, 0.3) is 0 Å². The SMILES string of the molecule is CC(c1ccc(CC(=O)Nc2ccc(C3CCCCC3)cc2)cc1)S(=O)[O-]. The fourth-order valence-corrected chi connectivity index (χ4v) is 4.06. The highest BCUT2D eigenvalue weighted by Crippen LogP contribution is 2.33. The molecule has 0 aromatic heterocycles. The van der Waals surface area contributed by atoms with Crippen molar-refractivity contribution in [3.63, 3.8) is 0 Å². The van der Waals surface area contributed by atoms with Crippen molar-refractivity contribution >= 4 is 22.7 Å². The zero-order valence-electron chi connectivity index (χ0n) is 15.6. The first kappa shape index (κ1) is 19.8. The summed E-state index contributed by atoms with van der Waals surface area (Å²) in [4.78, 5) is 12.3. The normalized spacial score (nSPS) is 17.3. The van der Waals surface area contributed by atoms with Crippen LogP contribution in [0.1, 0.15) is 66.9 Å². The van der Waals surface area contributed by atoms with E-state index in [9.17, 15) is 13.6 Å². The quantitative estimate of drug-likeness (QED) is 0.724. The van der Waals surface area contributed by atoms with Gasteiger partial charge in [-0.1, -0.05) is 55.7 Å². The van der Waals surface area contributed by atoms with Gasteiger partial charge in [-0.15, -0.1) is 0 Å². The highest BCUT2D eigenvalue weighted by Gasteiger charge is 2.15. The lowest BCUT2D eigenvalue weighted by atomic mass is 9.84. The summed E-state index contributed by atoms with van der Waals surface area (Å²) in [5.74, 6) is 0.585. The highest BCUT2D eigenvalue weighted by molar-refractivity contribution is 7.79. The van der Waals surface area contributed by atoms with Crippen molar-refractivity contribution in [2.45, 2.75) is 56.6 Å². The molecule has 0 radical (unpaired) electrons. The van der Waals surface area contributed by atoms with Crippen LogP contribution in [0.5, 0.6) is 0 Å². The van der Waals surface area contributed by atoms with Gasteiger partial charge in [0.2, 0.25) is 5.91 Å². The Morgan fingerprint density at radius 2 is 1.70 bits per heavy atom. The number of carbonyl (C=O) groups is 1. The number of amides is 1. The van der Waals surface area contributed by atoms with Gasteiger partial charge < -0.3 is 9.87 Å². The first-order chi connectivity index (χ1) is 13.0. The lowest BCUT2D eigenvalue weighted by Gasteiger charge is -2.22. The maximum atomic E-state index is 12.3. The lowest BCUT2D eigenvalue weighted by Crippen LogP contribution is -2.14. The molecular weight excluding hydrogens is 358 g/mol. The Balaban J connectivity index is 1.55. The monoisotopic (exact) mass is 384 g/mol. The molecule has 5 heteroatoms. The van der Waals surface area contributed by atoms with Crippen molar-refractivity contribution in [2.75, 3.05) is 5.32 Å². The molecule has 0 saturated heterocycles. The van der Waals surface area contributed by atoms with Crippen LogP contribution in [0.4, 0.5) is 5.69 Å². The predicted molar refractivity (Wildman–Crippen MR) is 108 cm³/mol. The summed E-state index contributed by atoms with van der Waals surface area (Å²) in [6, 6.07) is 15.4. The third kappa shape index (κ3) is 5.50. The van der Waals surface area contributed by atoms with E-state index >= 15 is 0 Å². The van der Waals surface area contributed by atoms with Crippen LogP contribution in [-0.2, 0) is 22.3 Å². The Morgan fingerprint density at radius 1 is 1.07 bits per heavy atom. The number of hydrogen-bond donors (Lipinski definition) is 1. The van der Waals surface area contributed by atoms with Crippen molar-refractivity contribution in [2.24, 2.45) is 0 Å². The van der Waals surface area contributed by atoms with E-state index in [1.54, 1.807) is 19.1 Å². The number of hydrogen-bond acceptors (Lipinski definition) is 3. The van der Waals surface area contributed by atoms with Gasteiger partial charge in [0.1, 0.15) is 0 Å². The number of anilines is 1. The molecule has 1 amide bonds. The second-order valence-electron chi connectivity index (χ2n) is 7.33. The average Bonchev–Trinajstić information content (AvgIpc) is 2.69. The molecule has 1 N–H and O–H groups in total. The van der Waals surface area contributed by atoms with E-state index in [1.807, 2.05) is 24.3 Å². The first-order valence-corrected chi connectivity index (χ1v) is 10.7. The molecule has 0 spiro atoms. The molecule has 1 aliphatic carbocycles. The van der Waals surface area contributed by atoms with Gasteiger partial charge in [0.15, 0.2) is 0 Å². The number of nitrogens with one attached hydrogen (secondary N) is 1. The van der Waals surface area contributed by atoms with Crippen LogP contribution in [0, 0.1) is 0 Å². The minimum Gasteiger partial charge on any atom is -0.772 e. The molecule has 2 aromatic carbocycles. The number of benzene rings is 2. The Kier molecular flexibility index (Phi) is 6.80. The minimum atomic E-state index is -2.14. The molecule has 3 rings (SSSR count). The van der Waals surface area contributed by atoms with E-state index in [4.69, 9.17) is 0 Å². The largest absolute Gasteiger partial charge is 0.772 e. The van der Waals surface area contributed by atoms with Crippen LogP contribution >= 0.6 is 0 Å². The van der Waals surface area contributed by atoms with Crippen molar-refractivity contribution in [3.05, 3.63) is 65.2 Å². The molecule has 27 heavy (non-hydrogen) atoms. The molecule has 144 valence electrons. The van der Waals surface area contributed by atoms with Crippen molar-refractivity contribution in [3.8, 4) is 0 Å². The van der Waals surface area contributed by atoms with Crippen molar-refractivity contribution in [1.29, 1.82) is 0 Å². The average molecular weight is 385 g/mol. The summed E-state index contributed by atoms with van der Waals surface area (Å²) in [6.07, 6.45) is 6.76. The molecule has 0 heterocycles. The van der Waals surface area contributed by atoms with Gasteiger partial charge in [-0.3, -0.25) is 9.00 Å². The second-order valence-corrected chi connectivity index (χ2v) is 8.55.